The third-order valence-corrected chi connectivity index (χ3v) is 5.58. The normalized spacial score (nSPS) is 18.2. The number of likely N-dealkylation sites (N-methyl/N-ethyl adjacent to an activating group) is 1. The minimum Gasteiger partial charge on any atom is -0.345 e. The van der Waals surface area contributed by atoms with Crippen LogP contribution in [-0.2, 0) is 22.4 Å². The molecule has 0 aliphatic carbocycles. The molecule has 6 heteroatoms. The van der Waals surface area contributed by atoms with Crippen LogP contribution in [-0.4, -0.2) is 35.6 Å². The van der Waals surface area contributed by atoms with Crippen molar-refractivity contribution in [3.05, 3.63) is 64.7 Å². The van der Waals surface area contributed by atoms with Gasteiger partial charge in [-0.05, 0) is 61.2 Å². The molecule has 1 heterocycles. The lowest BCUT2D eigenvalue weighted by atomic mass is 10.0. The van der Waals surface area contributed by atoms with Crippen molar-refractivity contribution >= 4 is 35.7 Å². The van der Waals surface area contributed by atoms with Crippen molar-refractivity contribution in [2.45, 2.75) is 29.8 Å². The zero-order chi connectivity index (χ0) is 17.8. The third kappa shape index (κ3) is 4.42. The summed E-state index contributed by atoms with van der Waals surface area (Å²) >= 11 is 7.59. The first kappa shape index (κ1) is 18.0. The van der Waals surface area contributed by atoms with Crippen LogP contribution in [0.3, 0.4) is 0 Å². The van der Waals surface area contributed by atoms with E-state index in [4.69, 9.17) is 11.6 Å². The van der Waals surface area contributed by atoms with Crippen LogP contribution in [0.5, 0.6) is 0 Å². The van der Waals surface area contributed by atoms with Crippen LogP contribution in [0.1, 0.15) is 11.1 Å². The van der Waals surface area contributed by atoms with Crippen molar-refractivity contribution in [2.24, 2.45) is 0 Å². The average molecular weight is 375 g/mol. The second kappa shape index (κ2) is 8.04. The number of halogens is 1. The Hall–Kier alpha value is -1.82. The van der Waals surface area contributed by atoms with Gasteiger partial charge in [0.25, 0.3) is 0 Å². The molecule has 1 N–H and O–H groups in total. The number of benzene rings is 2. The van der Waals surface area contributed by atoms with E-state index in [1.165, 1.54) is 11.9 Å². The van der Waals surface area contributed by atoms with E-state index in [0.29, 0.717) is 17.9 Å². The molecule has 2 aromatic carbocycles. The van der Waals surface area contributed by atoms with E-state index in [1.54, 1.807) is 0 Å². The molecule has 1 amide bonds. The molecule has 0 saturated heterocycles. The monoisotopic (exact) mass is 374 g/mol. The zero-order valence-corrected chi connectivity index (χ0v) is 15.4. The minimum atomic E-state index is -0.533. The Kier molecular flexibility index (Phi) is 5.78. The highest BCUT2D eigenvalue weighted by atomic mass is 35.5. The van der Waals surface area contributed by atoms with Gasteiger partial charge in [0.2, 0.25) is 5.91 Å². The van der Waals surface area contributed by atoms with Crippen LogP contribution >= 0.6 is 23.5 Å². The highest BCUT2D eigenvalue weighted by Crippen LogP contribution is 2.35. The molecule has 0 bridgehead atoms. The molecule has 0 fully saturated rings. The molecule has 1 aliphatic rings. The molecule has 1 unspecified atom stereocenters. The SMILES string of the molecule is CN1Sc2ccc(Cl)cc2CC1C(=O)N[C@H](C=O)Cc1ccccc1. The lowest BCUT2D eigenvalue weighted by Gasteiger charge is -2.32. The molecular weight excluding hydrogens is 356 g/mol. The number of nitrogens with zero attached hydrogens (tertiary/aromatic N) is 1. The van der Waals surface area contributed by atoms with E-state index >= 15 is 0 Å². The first-order valence-corrected chi connectivity index (χ1v) is 9.21. The molecule has 0 radical (unpaired) electrons. The molecule has 4 nitrogen and oxygen atoms in total. The Morgan fingerprint density at radius 3 is 2.84 bits per heavy atom. The molecule has 0 spiro atoms. The lowest BCUT2D eigenvalue weighted by Crippen LogP contribution is -2.49. The molecule has 25 heavy (non-hydrogen) atoms. The van der Waals surface area contributed by atoms with E-state index in [2.05, 4.69) is 5.32 Å². The van der Waals surface area contributed by atoms with Crippen LogP contribution in [0.4, 0.5) is 0 Å². The highest BCUT2D eigenvalue weighted by molar-refractivity contribution is 7.97. The van der Waals surface area contributed by atoms with E-state index in [9.17, 15) is 9.59 Å². The van der Waals surface area contributed by atoms with Gasteiger partial charge in [-0.1, -0.05) is 41.9 Å². The molecule has 1 aliphatic heterocycles. The summed E-state index contributed by atoms with van der Waals surface area (Å²) in [5, 5.41) is 3.53. The van der Waals surface area contributed by atoms with Crippen LogP contribution in [0, 0.1) is 0 Å². The minimum absolute atomic E-state index is 0.145. The van der Waals surface area contributed by atoms with Gasteiger partial charge < -0.3 is 10.1 Å². The number of carbonyl (C=O) groups excluding carboxylic acids is 2. The molecule has 130 valence electrons. The van der Waals surface area contributed by atoms with Gasteiger partial charge in [-0.25, -0.2) is 4.31 Å². The summed E-state index contributed by atoms with van der Waals surface area (Å²) in [5.74, 6) is -0.145. The number of nitrogens with one attached hydrogen (secondary N) is 1. The Bertz CT molecular complexity index is 769. The van der Waals surface area contributed by atoms with Gasteiger partial charge in [-0.15, -0.1) is 0 Å². The van der Waals surface area contributed by atoms with E-state index < -0.39 is 6.04 Å². The average Bonchev–Trinajstić information content (AvgIpc) is 2.61. The Labute approximate surface area is 156 Å². The van der Waals surface area contributed by atoms with Gasteiger partial charge in [0.1, 0.15) is 12.3 Å². The van der Waals surface area contributed by atoms with Crippen LogP contribution in [0.25, 0.3) is 0 Å². The maximum Gasteiger partial charge on any atom is 0.239 e. The Morgan fingerprint density at radius 1 is 1.36 bits per heavy atom. The first-order chi connectivity index (χ1) is 12.1. The fraction of sp³-hybridized carbons (Fsp3) is 0.263. The second-order valence-corrected chi connectivity index (χ2v) is 7.69. The summed E-state index contributed by atoms with van der Waals surface area (Å²) in [7, 11) is 1.89. The van der Waals surface area contributed by atoms with Gasteiger partial charge in [0, 0.05) is 9.92 Å². The van der Waals surface area contributed by atoms with Crippen molar-refractivity contribution < 1.29 is 9.59 Å². The fourth-order valence-electron chi connectivity index (χ4n) is 2.89. The van der Waals surface area contributed by atoms with Crippen LogP contribution in [0.15, 0.2) is 53.4 Å². The molecule has 0 saturated carbocycles. The lowest BCUT2D eigenvalue weighted by molar-refractivity contribution is -0.127. The Balaban J connectivity index is 1.68. The topological polar surface area (TPSA) is 49.4 Å². The summed E-state index contributed by atoms with van der Waals surface area (Å²) in [6.07, 6.45) is 1.86. The predicted molar refractivity (Wildman–Crippen MR) is 101 cm³/mol. The van der Waals surface area contributed by atoms with Crippen LogP contribution in [0.2, 0.25) is 5.02 Å². The highest BCUT2D eigenvalue weighted by Gasteiger charge is 2.31. The number of amides is 1. The van der Waals surface area contributed by atoms with Gasteiger partial charge in [-0.3, -0.25) is 4.79 Å². The first-order valence-electron chi connectivity index (χ1n) is 8.05. The maximum atomic E-state index is 12.7. The van der Waals surface area contributed by atoms with E-state index in [0.717, 1.165) is 22.3 Å². The van der Waals surface area contributed by atoms with Gasteiger partial charge >= 0.3 is 0 Å². The summed E-state index contributed by atoms with van der Waals surface area (Å²) < 4.78 is 1.93. The van der Waals surface area contributed by atoms with Crippen LogP contribution < -0.4 is 5.32 Å². The molecule has 0 aromatic heterocycles. The summed E-state index contributed by atoms with van der Waals surface area (Å²) in [6.45, 7) is 0. The number of hydrogen-bond acceptors (Lipinski definition) is 4. The zero-order valence-electron chi connectivity index (χ0n) is 13.8. The number of carbonyl (C=O) groups is 2. The molecular formula is C19H19ClN2O2S. The maximum absolute atomic E-state index is 12.7. The summed E-state index contributed by atoms with van der Waals surface area (Å²) in [4.78, 5) is 25.2. The molecule has 3 rings (SSSR count). The standard InChI is InChI=1S/C19H19ClN2O2S/c1-22-17(11-14-10-15(20)7-8-18(14)25-22)19(24)21-16(12-23)9-13-5-3-2-4-6-13/h2-8,10,12,16-17H,9,11H2,1H3,(H,21,24)/t16-,17?/m0/s1. The Morgan fingerprint density at radius 2 is 2.12 bits per heavy atom. The van der Waals surface area contributed by atoms with Gasteiger partial charge in [0.15, 0.2) is 0 Å². The van der Waals surface area contributed by atoms with Crippen molar-refractivity contribution in [1.29, 1.82) is 0 Å². The smallest absolute Gasteiger partial charge is 0.239 e. The number of rotatable bonds is 5. The van der Waals surface area contributed by atoms with E-state index in [1.807, 2.05) is 59.9 Å². The number of aldehydes is 1. The number of fused-ring (bicyclic) bond motifs is 1. The third-order valence-electron chi connectivity index (χ3n) is 4.21. The second-order valence-electron chi connectivity index (χ2n) is 6.05. The van der Waals surface area contributed by atoms with Crippen molar-refractivity contribution in [3.63, 3.8) is 0 Å². The summed E-state index contributed by atoms with van der Waals surface area (Å²) in [6, 6.07) is 14.5. The summed E-state index contributed by atoms with van der Waals surface area (Å²) in [5.41, 5.74) is 2.07. The number of hydrogen-bond donors (Lipinski definition) is 1. The molecule has 2 atom stereocenters. The quantitative estimate of drug-likeness (QED) is 0.645. The van der Waals surface area contributed by atoms with Crippen molar-refractivity contribution in [3.8, 4) is 0 Å². The van der Waals surface area contributed by atoms with Crippen molar-refractivity contribution in [2.75, 3.05) is 7.05 Å². The predicted octanol–water partition coefficient (Wildman–Crippen LogP) is 3.13. The van der Waals surface area contributed by atoms with Crippen molar-refractivity contribution in [1.82, 2.24) is 9.62 Å². The van der Waals surface area contributed by atoms with E-state index in [-0.39, 0.29) is 11.9 Å². The fourth-order valence-corrected chi connectivity index (χ4v) is 4.08. The largest absolute Gasteiger partial charge is 0.345 e. The molecule has 2 aromatic rings. The van der Waals surface area contributed by atoms with Gasteiger partial charge in [-0.2, -0.15) is 0 Å². The van der Waals surface area contributed by atoms with Gasteiger partial charge in [0.05, 0.1) is 6.04 Å².